The molecule has 2 heterocycles. The molecular weight excluding hydrogens is 707 g/mol. The second-order valence-corrected chi connectivity index (χ2v) is 11.2. The molecule has 1 saturated heterocycles. The predicted molar refractivity (Wildman–Crippen MR) is 163 cm³/mol. The molecule has 0 aliphatic carbocycles. The summed E-state index contributed by atoms with van der Waals surface area (Å²) in [5, 5.41) is 20.7. The molecule has 0 saturated carbocycles. The quantitative estimate of drug-likeness (QED) is 0.217. The van der Waals surface area contributed by atoms with Gasteiger partial charge in [0.1, 0.15) is 0 Å². The highest BCUT2D eigenvalue weighted by molar-refractivity contribution is 5.95. The Bertz CT molecular complexity index is 1650. The fraction of sp³-hybridized carbons (Fsp3) is 0.419. The van der Waals surface area contributed by atoms with E-state index in [1.807, 2.05) is 10.2 Å². The maximum atomic E-state index is 13.9. The van der Waals surface area contributed by atoms with Crippen LogP contribution in [0.25, 0.3) is 0 Å². The summed E-state index contributed by atoms with van der Waals surface area (Å²) < 4.78 is 129. The fourth-order valence-electron chi connectivity index (χ4n) is 5.18. The van der Waals surface area contributed by atoms with Crippen molar-refractivity contribution in [3.63, 3.8) is 0 Å². The van der Waals surface area contributed by atoms with Crippen LogP contribution in [-0.2, 0) is 41.1 Å². The molecule has 278 valence electrons. The number of carbonyl (C=O) groups excluding carboxylic acids is 1. The molecule has 1 aliphatic rings. The van der Waals surface area contributed by atoms with Gasteiger partial charge in [0, 0.05) is 32.7 Å². The average Bonchev–Trinajstić information content (AvgIpc) is 3.06. The number of aromatic nitrogens is 2. The van der Waals surface area contributed by atoms with Crippen LogP contribution in [0.3, 0.4) is 0 Å². The van der Waals surface area contributed by atoms with Crippen molar-refractivity contribution in [1.29, 1.82) is 0 Å². The van der Waals surface area contributed by atoms with Crippen molar-refractivity contribution in [2.24, 2.45) is 0 Å². The van der Waals surface area contributed by atoms with Gasteiger partial charge in [0.25, 0.3) is 0 Å². The molecular formula is C31H31F9N6O5. The Morgan fingerprint density at radius 2 is 1.45 bits per heavy atom. The van der Waals surface area contributed by atoms with E-state index >= 15 is 0 Å². The molecule has 0 unspecified atom stereocenters. The first-order valence-corrected chi connectivity index (χ1v) is 15.1. The van der Waals surface area contributed by atoms with Gasteiger partial charge < -0.3 is 30.1 Å². The van der Waals surface area contributed by atoms with E-state index < -0.39 is 78.5 Å². The van der Waals surface area contributed by atoms with Crippen LogP contribution in [0.5, 0.6) is 0 Å². The van der Waals surface area contributed by atoms with E-state index in [9.17, 15) is 59.3 Å². The largest absolute Gasteiger partial charge is 0.480 e. The first kappa shape index (κ1) is 38.9. The standard InChI is InChI=1S/C31H31F9N6O5/c1-2-46(28(50)43-24(17-47)26(48)49)25-4-3-20(29(32,33)34)11-19(25)16-45(27-41-13-23(14-42-27)44-5-7-51-8-6-44)15-18-9-21(30(35,36)37)12-22(10-18)31(38,39)40/h3-4,9-14,24,47H,2,5-8,15-17H2,1H3,(H,43,50)(H,48,49)/t24-/m0/s1. The van der Waals surface area contributed by atoms with Crippen molar-refractivity contribution in [3.8, 4) is 0 Å². The first-order chi connectivity index (χ1) is 23.8. The normalized spacial score (nSPS) is 14.6. The molecule has 11 nitrogen and oxygen atoms in total. The van der Waals surface area contributed by atoms with Crippen molar-refractivity contribution < 1.29 is 64.1 Å². The number of amides is 2. The SMILES string of the molecule is CCN(C(=O)N[C@@H](CO)C(=O)O)c1ccc(C(F)(F)F)cc1CN(Cc1cc(C(F)(F)F)cc(C(F)(F)F)c1)c1ncc(N2CCOCC2)cn1. The molecule has 20 heteroatoms. The Hall–Kier alpha value is -4.85. The van der Waals surface area contributed by atoms with Gasteiger partial charge >= 0.3 is 30.5 Å². The van der Waals surface area contributed by atoms with Crippen LogP contribution < -0.4 is 20.0 Å². The number of ether oxygens (including phenoxy) is 1. The maximum Gasteiger partial charge on any atom is 0.416 e. The van der Waals surface area contributed by atoms with Crippen molar-refractivity contribution in [3.05, 3.63) is 76.6 Å². The third-order valence-electron chi connectivity index (χ3n) is 7.70. The smallest absolute Gasteiger partial charge is 0.416 e. The van der Waals surface area contributed by atoms with Crippen LogP contribution in [-0.4, -0.2) is 77.7 Å². The van der Waals surface area contributed by atoms with Gasteiger partial charge in [0.05, 0.1) is 60.3 Å². The van der Waals surface area contributed by atoms with Crippen LogP contribution in [0.15, 0.2) is 48.8 Å². The number of aliphatic hydroxyl groups is 1. The van der Waals surface area contributed by atoms with Crippen molar-refractivity contribution in [1.82, 2.24) is 15.3 Å². The molecule has 4 rings (SSSR count). The molecule has 1 fully saturated rings. The second-order valence-electron chi connectivity index (χ2n) is 11.2. The summed E-state index contributed by atoms with van der Waals surface area (Å²) in [5.74, 6) is -1.90. The van der Waals surface area contributed by atoms with Gasteiger partial charge in [-0.25, -0.2) is 19.6 Å². The molecule has 1 aromatic heterocycles. The lowest BCUT2D eigenvalue weighted by molar-refractivity contribution is -0.143. The average molecular weight is 739 g/mol. The Morgan fingerprint density at radius 3 is 1.94 bits per heavy atom. The second kappa shape index (κ2) is 15.6. The third kappa shape index (κ3) is 9.90. The van der Waals surface area contributed by atoms with Crippen molar-refractivity contribution >= 4 is 29.3 Å². The lowest BCUT2D eigenvalue weighted by Gasteiger charge is -2.30. The number of carboxylic acids is 1. The first-order valence-electron chi connectivity index (χ1n) is 15.1. The summed E-state index contributed by atoms with van der Waals surface area (Å²) in [4.78, 5) is 36.8. The molecule has 2 amide bonds. The number of aliphatic hydroxyl groups excluding tert-OH is 1. The number of nitrogens with zero attached hydrogens (tertiary/aromatic N) is 5. The molecule has 1 atom stereocenters. The number of carbonyl (C=O) groups is 2. The number of hydrogen-bond acceptors (Lipinski definition) is 8. The molecule has 51 heavy (non-hydrogen) atoms. The van der Waals surface area contributed by atoms with E-state index in [2.05, 4.69) is 9.97 Å². The molecule has 3 aromatic rings. The zero-order chi connectivity index (χ0) is 37.7. The van der Waals surface area contributed by atoms with Crippen LogP contribution >= 0.6 is 0 Å². The van der Waals surface area contributed by atoms with Crippen LogP contribution in [0.1, 0.15) is 34.7 Å². The molecule has 0 spiro atoms. The van der Waals surface area contributed by atoms with Crippen LogP contribution in [0.4, 0.5) is 61.6 Å². The highest BCUT2D eigenvalue weighted by Crippen LogP contribution is 2.38. The third-order valence-corrected chi connectivity index (χ3v) is 7.70. The zero-order valence-electron chi connectivity index (χ0n) is 26.6. The van der Waals surface area contributed by atoms with Gasteiger partial charge in [-0.05, 0) is 54.4 Å². The minimum absolute atomic E-state index is 0.0686. The number of urea groups is 1. The summed E-state index contributed by atoms with van der Waals surface area (Å²) in [6.07, 6.45) is -12.7. The number of alkyl halides is 9. The number of anilines is 3. The number of morpholine rings is 1. The summed E-state index contributed by atoms with van der Waals surface area (Å²) in [6, 6.07) is 0.107. The van der Waals surface area contributed by atoms with Crippen molar-refractivity contribution in [2.45, 2.75) is 44.6 Å². The molecule has 2 aromatic carbocycles. The Balaban J connectivity index is 1.85. The van der Waals surface area contributed by atoms with E-state index in [-0.39, 0.29) is 29.8 Å². The Labute approximate surface area is 284 Å². The van der Waals surface area contributed by atoms with Crippen LogP contribution in [0.2, 0.25) is 0 Å². The number of carboxylic acid groups (broad SMARTS) is 1. The van der Waals surface area contributed by atoms with E-state index in [0.29, 0.717) is 56.3 Å². The van der Waals surface area contributed by atoms with Gasteiger partial charge in [-0.3, -0.25) is 4.90 Å². The van der Waals surface area contributed by atoms with Gasteiger partial charge in [-0.2, -0.15) is 39.5 Å². The lowest BCUT2D eigenvalue weighted by atomic mass is 10.0. The van der Waals surface area contributed by atoms with Gasteiger partial charge in [0.15, 0.2) is 6.04 Å². The van der Waals surface area contributed by atoms with Crippen molar-refractivity contribution in [2.75, 3.05) is 54.2 Å². The number of rotatable bonds is 11. The van der Waals surface area contributed by atoms with Gasteiger partial charge in [-0.1, -0.05) is 0 Å². The minimum Gasteiger partial charge on any atom is -0.480 e. The predicted octanol–water partition coefficient (Wildman–Crippen LogP) is 5.56. The summed E-state index contributed by atoms with van der Waals surface area (Å²) in [6.45, 7) is 0.339. The zero-order valence-corrected chi connectivity index (χ0v) is 26.6. The number of benzene rings is 2. The number of hydrogen-bond donors (Lipinski definition) is 3. The monoisotopic (exact) mass is 738 g/mol. The van der Waals surface area contributed by atoms with E-state index in [1.54, 1.807) is 0 Å². The van der Waals surface area contributed by atoms with E-state index in [4.69, 9.17) is 4.74 Å². The maximum absolute atomic E-state index is 13.9. The highest BCUT2D eigenvalue weighted by atomic mass is 19.4. The Kier molecular flexibility index (Phi) is 11.9. The lowest BCUT2D eigenvalue weighted by Crippen LogP contribution is -2.50. The minimum atomic E-state index is -5.19. The topological polar surface area (TPSA) is 131 Å². The molecule has 1 aliphatic heterocycles. The number of nitrogens with one attached hydrogen (secondary N) is 1. The number of aliphatic carboxylic acids is 1. The Morgan fingerprint density at radius 1 is 0.882 bits per heavy atom. The van der Waals surface area contributed by atoms with Crippen LogP contribution in [0, 0.1) is 0 Å². The summed E-state index contributed by atoms with van der Waals surface area (Å²) >= 11 is 0. The summed E-state index contributed by atoms with van der Waals surface area (Å²) in [5.41, 5.74) is -5.03. The molecule has 0 radical (unpaired) electrons. The summed E-state index contributed by atoms with van der Waals surface area (Å²) in [7, 11) is 0. The van der Waals surface area contributed by atoms with E-state index in [0.717, 1.165) is 15.9 Å². The molecule has 3 N–H and O–H groups in total. The van der Waals surface area contributed by atoms with Gasteiger partial charge in [0.2, 0.25) is 5.95 Å². The van der Waals surface area contributed by atoms with Gasteiger partial charge in [-0.15, -0.1) is 0 Å². The fourth-order valence-corrected chi connectivity index (χ4v) is 5.18. The molecule has 0 bridgehead atoms. The highest BCUT2D eigenvalue weighted by Gasteiger charge is 2.37. The van der Waals surface area contributed by atoms with E-state index in [1.165, 1.54) is 19.3 Å². The number of halogens is 9.